The quantitative estimate of drug-likeness (QED) is 0.416. The largest absolute Gasteiger partial charge is 0.383 e. The highest BCUT2D eigenvalue weighted by atomic mass is 35.5. The van der Waals surface area contributed by atoms with Crippen LogP contribution in [0.15, 0.2) is 24.3 Å². The fourth-order valence-corrected chi connectivity index (χ4v) is 3.07. The molecule has 0 aliphatic carbocycles. The van der Waals surface area contributed by atoms with E-state index in [4.69, 9.17) is 45.3 Å². The number of nitrogen functional groups attached to an aromatic ring is 1. The summed E-state index contributed by atoms with van der Waals surface area (Å²) in [6, 6.07) is 6.43. The van der Waals surface area contributed by atoms with E-state index in [0.717, 1.165) is 13.0 Å². The standard InChI is InChI=1S/C18H21Cl3N4O2/c1-23-5-2-7-27-8-6-24-18(26)15-4-3-12(17(22)25-15)13-9-11(19)10-14(20)16(13)21/h3-4,9-10,23H,2,5-8H2,1H3,(H2,22,25)(H,24,26). The van der Waals surface area contributed by atoms with Crippen LogP contribution in [0.3, 0.4) is 0 Å². The van der Waals surface area contributed by atoms with E-state index in [1.54, 1.807) is 24.3 Å². The lowest BCUT2D eigenvalue weighted by Gasteiger charge is -2.11. The number of rotatable bonds is 9. The molecule has 4 N–H and O–H groups in total. The molecule has 0 aliphatic heterocycles. The number of carbonyl (C=O) groups excluding carboxylic acids is 1. The molecular formula is C18H21Cl3N4O2. The summed E-state index contributed by atoms with van der Waals surface area (Å²) in [7, 11) is 1.89. The molecule has 0 spiro atoms. The molecule has 27 heavy (non-hydrogen) atoms. The molecule has 0 unspecified atom stereocenters. The molecule has 0 aliphatic rings. The molecule has 1 aromatic carbocycles. The second kappa shape index (κ2) is 10.7. The van der Waals surface area contributed by atoms with Crippen LogP contribution in [0.2, 0.25) is 15.1 Å². The topological polar surface area (TPSA) is 89.3 Å². The summed E-state index contributed by atoms with van der Waals surface area (Å²) >= 11 is 18.3. The van der Waals surface area contributed by atoms with Crippen molar-refractivity contribution in [3.63, 3.8) is 0 Å². The number of halogens is 3. The van der Waals surface area contributed by atoms with E-state index in [1.165, 1.54) is 0 Å². The van der Waals surface area contributed by atoms with Gasteiger partial charge in [0, 0.05) is 29.3 Å². The summed E-state index contributed by atoms with van der Waals surface area (Å²) in [5.41, 5.74) is 7.33. The lowest BCUT2D eigenvalue weighted by atomic mass is 10.1. The molecule has 2 aromatic rings. The molecule has 0 atom stereocenters. The van der Waals surface area contributed by atoms with E-state index in [-0.39, 0.29) is 17.4 Å². The molecule has 146 valence electrons. The van der Waals surface area contributed by atoms with Crippen molar-refractivity contribution in [2.75, 3.05) is 39.1 Å². The van der Waals surface area contributed by atoms with Gasteiger partial charge in [-0.05, 0) is 44.3 Å². The Balaban J connectivity index is 1.99. The van der Waals surface area contributed by atoms with Gasteiger partial charge in [-0.3, -0.25) is 4.79 Å². The number of anilines is 1. The Morgan fingerprint density at radius 3 is 2.63 bits per heavy atom. The van der Waals surface area contributed by atoms with Crippen LogP contribution in [0, 0.1) is 0 Å². The van der Waals surface area contributed by atoms with Crippen molar-refractivity contribution < 1.29 is 9.53 Å². The fraction of sp³-hybridized carbons (Fsp3) is 0.333. The minimum Gasteiger partial charge on any atom is -0.383 e. The van der Waals surface area contributed by atoms with E-state index < -0.39 is 0 Å². The van der Waals surface area contributed by atoms with E-state index in [9.17, 15) is 4.79 Å². The minimum absolute atomic E-state index is 0.159. The first-order valence-corrected chi connectivity index (χ1v) is 9.49. The number of benzene rings is 1. The maximum atomic E-state index is 12.2. The van der Waals surface area contributed by atoms with Gasteiger partial charge in [0.25, 0.3) is 5.91 Å². The summed E-state index contributed by atoms with van der Waals surface area (Å²) < 4.78 is 5.42. The number of nitrogens with one attached hydrogen (secondary N) is 2. The van der Waals surface area contributed by atoms with Crippen LogP contribution in [-0.2, 0) is 4.74 Å². The monoisotopic (exact) mass is 430 g/mol. The number of ether oxygens (including phenoxy) is 1. The number of aromatic nitrogens is 1. The Labute approximate surface area is 173 Å². The van der Waals surface area contributed by atoms with Crippen LogP contribution >= 0.6 is 34.8 Å². The Morgan fingerprint density at radius 2 is 1.93 bits per heavy atom. The van der Waals surface area contributed by atoms with E-state index in [2.05, 4.69) is 15.6 Å². The number of pyridine rings is 1. The highest BCUT2D eigenvalue weighted by Crippen LogP contribution is 2.38. The molecule has 0 saturated carbocycles. The zero-order valence-corrected chi connectivity index (χ0v) is 17.1. The molecule has 0 saturated heterocycles. The van der Waals surface area contributed by atoms with Gasteiger partial charge in [-0.2, -0.15) is 0 Å². The zero-order chi connectivity index (χ0) is 19.8. The van der Waals surface area contributed by atoms with Gasteiger partial charge in [0.05, 0.1) is 16.7 Å². The summed E-state index contributed by atoms with van der Waals surface area (Å²) in [5, 5.41) is 6.84. The van der Waals surface area contributed by atoms with E-state index in [0.29, 0.717) is 46.0 Å². The molecular weight excluding hydrogens is 411 g/mol. The van der Waals surface area contributed by atoms with Crippen molar-refractivity contribution in [3.05, 3.63) is 45.0 Å². The van der Waals surface area contributed by atoms with Crippen molar-refractivity contribution >= 4 is 46.5 Å². The Bertz CT molecular complexity index is 802. The first-order chi connectivity index (χ1) is 12.9. The smallest absolute Gasteiger partial charge is 0.270 e. The zero-order valence-electron chi connectivity index (χ0n) is 14.8. The van der Waals surface area contributed by atoms with Crippen LogP contribution in [0.5, 0.6) is 0 Å². The molecule has 9 heteroatoms. The molecule has 6 nitrogen and oxygen atoms in total. The first kappa shape index (κ1) is 21.7. The van der Waals surface area contributed by atoms with Crippen molar-refractivity contribution in [1.82, 2.24) is 15.6 Å². The Hall–Kier alpha value is -1.57. The number of hydrogen-bond donors (Lipinski definition) is 3. The third-order valence-corrected chi connectivity index (χ3v) is 4.71. The minimum atomic E-state index is -0.331. The van der Waals surface area contributed by atoms with E-state index >= 15 is 0 Å². The summed E-state index contributed by atoms with van der Waals surface area (Å²) in [5.74, 6) is -0.173. The second-order valence-corrected chi connectivity index (χ2v) is 6.93. The van der Waals surface area contributed by atoms with Gasteiger partial charge < -0.3 is 21.1 Å². The highest BCUT2D eigenvalue weighted by molar-refractivity contribution is 6.45. The van der Waals surface area contributed by atoms with Crippen LogP contribution in [0.4, 0.5) is 5.82 Å². The van der Waals surface area contributed by atoms with Crippen molar-refractivity contribution in [3.8, 4) is 11.1 Å². The van der Waals surface area contributed by atoms with Crippen LogP contribution in [0.25, 0.3) is 11.1 Å². The lowest BCUT2D eigenvalue weighted by molar-refractivity contribution is 0.0909. The summed E-state index contributed by atoms with van der Waals surface area (Å²) in [6.45, 7) is 2.35. The number of hydrogen-bond acceptors (Lipinski definition) is 5. The Kier molecular flexibility index (Phi) is 8.60. The third-order valence-electron chi connectivity index (χ3n) is 3.69. The molecule has 2 rings (SSSR count). The number of amides is 1. The SMILES string of the molecule is CNCCCOCCNC(=O)c1ccc(-c2cc(Cl)cc(Cl)c2Cl)c(N)n1. The van der Waals surface area contributed by atoms with Crippen molar-refractivity contribution in [2.45, 2.75) is 6.42 Å². The summed E-state index contributed by atoms with van der Waals surface area (Å²) in [6.07, 6.45) is 0.917. The highest BCUT2D eigenvalue weighted by Gasteiger charge is 2.15. The van der Waals surface area contributed by atoms with Gasteiger partial charge >= 0.3 is 0 Å². The molecule has 1 amide bonds. The molecule has 1 aromatic heterocycles. The maximum Gasteiger partial charge on any atom is 0.270 e. The van der Waals surface area contributed by atoms with Gasteiger partial charge in [-0.1, -0.05) is 34.8 Å². The van der Waals surface area contributed by atoms with Gasteiger partial charge in [0.15, 0.2) is 0 Å². The number of nitrogens with two attached hydrogens (primary N) is 1. The number of nitrogens with zero attached hydrogens (tertiary/aromatic N) is 1. The average Bonchev–Trinajstić information content (AvgIpc) is 2.64. The molecule has 0 radical (unpaired) electrons. The first-order valence-electron chi connectivity index (χ1n) is 8.36. The van der Waals surface area contributed by atoms with Crippen molar-refractivity contribution in [1.29, 1.82) is 0 Å². The lowest BCUT2D eigenvalue weighted by Crippen LogP contribution is -2.28. The van der Waals surface area contributed by atoms with Crippen LogP contribution < -0.4 is 16.4 Å². The molecule has 1 heterocycles. The fourth-order valence-electron chi connectivity index (χ4n) is 2.36. The van der Waals surface area contributed by atoms with E-state index in [1.807, 2.05) is 7.05 Å². The van der Waals surface area contributed by atoms with Crippen molar-refractivity contribution in [2.24, 2.45) is 0 Å². The second-order valence-electron chi connectivity index (χ2n) is 5.70. The summed E-state index contributed by atoms with van der Waals surface area (Å²) in [4.78, 5) is 16.4. The van der Waals surface area contributed by atoms with Gasteiger partial charge in [-0.15, -0.1) is 0 Å². The molecule has 0 bridgehead atoms. The van der Waals surface area contributed by atoms with Crippen LogP contribution in [0.1, 0.15) is 16.9 Å². The normalized spacial score (nSPS) is 10.8. The predicted octanol–water partition coefficient (Wildman–Crippen LogP) is 3.65. The third kappa shape index (κ3) is 6.23. The maximum absolute atomic E-state index is 12.2. The van der Waals surface area contributed by atoms with Crippen LogP contribution in [-0.4, -0.2) is 44.2 Å². The van der Waals surface area contributed by atoms with Gasteiger partial charge in [0.1, 0.15) is 11.5 Å². The predicted molar refractivity (Wildman–Crippen MR) is 111 cm³/mol. The average molecular weight is 432 g/mol. The number of carbonyl (C=O) groups is 1. The van der Waals surface area contributed by atoms with Gasteiger partial charge in [-0.25, -0.2) is 4.98 Å². The molecule has 0 fully saturated rings. The Morgan fingerprint density at radius 1 is 1.15 bits per heavy atom. The van der Waals surface area contributed by atoms with Gasteiger partial charge in [0.2, 0.25) is 0 Å².